The summed E-state index contributed by atoms with van der Waals surface area (Å²) in [5.41, 5.74) is 3.50. The lowest BCUT2D eigenvalue weighted by atomic mass is 9.98. The van der Waals surface area contributed by atoms with Gasteiger partial charge in [0.05, 0.1) is 12.5 Å². The highest BCUT2D eigenvalue weighted by Crippen LogP contribution is 2.53. The van der Waals surface area contributed by atoms with E-state index in [2.05, 4.69) is 42.8 Å². The summed E-state index contributed by atoms with van der Waals surface area (Å²) in [6.45, 7) is 6.42. The lowest BCUT2D eigenvalue weighted by Gasteiger charge is -2.20. The van der Waals surface area contributed by atoms with Crippen LogP contribution in [0.3, 0.4) is 0 Å². The summed E-state index contributed by atoms with van der Waals surface area (Å²) in [5, 5.41) is 0.0659. The zero-order valence-electron chi connectivity index (χ0n) is 10.7. The second-order valence-corrected chi connectivity index (χ2v) is 6.35. The molecule has 94 valence electrons. The van der Waals surface area contributed by atoms with Gasteiger partial charge in [0, 0.05) is 10.0 Å². The van der Waals surface area contributed by atoms with Crippen molar-refractivity contribution < 1.29 is 4.74 Å². The quantitative estimate of drug-likeness (QED) is 0.712. The maximum atomic E-state index is 6.63. The predicted octanol–water partition coefficient (Wildman–Crippen LogP) is 5.01. The van der Waals surface area contributed by atoms with Gasteiger partial charge in [-0.3, -0.25) is 0 Å². The Bertz CT molecular complexity index is 444. The third kappa shape index (κ3) is 2.34. The molecule has 3 heteroatoms. The molecule has 1 aromatic carbocycles. The predicted molar refractivity (Wildman–Crippen MR) is 76.0 cm³/mol. The summed E-state index contributed by atoms with van der Waals surface area (Å²) in [6, 6.07) is 2.09. The highest BCUT2D eigenvalue weighted by molar-refractivity contribution is 9.10. The minimum Gasteiger partial charge on any atom is -0.496 e. The van der Waals surface area contributed by atoms with Crippen LogP contribution in [-0.4, -0.2) is 7.11 Å². The van der Waals surface area contributed by atoms with E-state index in [-0.39, 0.29) is 5.38 Å². The summed E-state index contributed by atoms with van der Waals surface area (Å²) in [7, 11) is 1.72. The van der Waals surface area contributed by atoms with Crippen molar-refractivity contribution >= 4 is 27.5 Å². The van der Waals surface area contributed by atoms with Crippen LogP contribution >= 0.6 is 27.5 Å². The van der Waals surface area contributed by atoms with Gasteiger partial charge < -0.3 is 4.74 Å². The molecule has 0 radical (unpaired) electrons. The van der Waals surface area contributed by atoms with Gasteiger partial charge in [0.15, 0.2) is 0 Å². The Morgan fingerprint density at radius 1 is 1.47 bits per heavy atom. The zero-order valence-corrected chi connectivity index (χ0v) is 13.0. The van der Waals surface area contributed by atoms with Crippen molar-refractivity contribution in [2.24, 2.45) is 11.8 Å². The molecule has 1 nitrogen and oxygen atoms in total. The smallest absolute Gasteiger partial charge is 0.126 e. The van der Waals surface area contributed by atoms with Crippen LogP contribution < -0.4 is 4.74 Å². The Hall–Kier alpha value is -0.210. The minimum atomic E-state index is 0.0659. The van der Waals surface area contributed by atoms with E-state index in [1.165, 1.54) is 12.0 Å². The molecule has 1 fully saturated rings. The van der Waals surface area contributed by atoms with Crippen molar-refractivity contribution in [1.29, 1.82) is 0 Å². The molecule has 0 bridgehead atoms. The van der Waals surface area contributed by atoms with Crippen molar-refractivity contribution in [3.8, 4) is 5.75 Å². The number of rotatable bonds is 3. The molecule has 0 spiro atoms. The third-order valence-corrected chi connectivity index (χ3v) is 5.10. The molecule has 3 atom stereocenters. The van der Waals surface area contributed by atoms with Crippen LogP contribution in [0.5, 0.6) is 5.75 Å². The summed E-state index contributed by atoms with van der Waals surface area (Å²) in [6.07, 6.45) is 1.22. The molecule has 3 unspecified atom stereocenters. The van der Waals surface area contributed by atoms with Crippen LogP contribution in [0.25, 0.3) is 0 Å². The van der Waals surface area contributed by atoms with Gasteiger partial charge in [0.1, 0.15) is 5.75 Å². The molecule has 0 amide bonds. The lowest BCUT2D eigenvalue weighted by molar-refractivity contribution is 0.403. The molecule has 1 aromatic rings. The zero-order chi connectivity index (χ0) is 12.7. The van der Waals surface area contributed by atoms with Crippen LogP contribution in [0.2, 0.25) is 0 Å². The first-order valence-electron chi connectivity index (χ1n) is 5.95. The fourth-order valence-electron chi connectivity index (χ4n) is 2.45. The maximum absolute atomic E-state index is 6.63. The van der Waals surface area contributed by atoms with E-state index >= 15 is 0 Å². The van der Waals surface area contributed by atoms with Gasteiger partial charge in [-0.15, -0.1) is 11.6 Å². The third-order valence-electron chi connectivity index (χ3n) is 3.74. The molecule has 1 aliphatic carbocycles. The second kappa shape index (κ2) is 4.81. The molecule has 0 heterocycles. The number of halogens is 2. The number of alkyl halides is 1. The fraction of sp³-hybridized carbons (Fsp3) is 0.571. The van der Waals surface area contributed by atoms with E-state index < -0.39 is 0 Å². The van der Waals surface area contributed by atoms with Crippen LogP contribution in [0.1, 0.15) is 35.4 Å². The average Bonchev–Trinajstić information content (AvgIpc) is 2.99. The molecule has 2 rings (SSSR count). The van der Waals surface area contributed by atoms with Crippen LogP contribution in [0, 0.1) is 25.7 Å². The highest BCUT2D eigenvalue weighted by atomic mass is 79.9. The molecule has 1 saturated carbocycles. The Labute approximate surface area is 117 Å². The van der Waals surface area contributed by atoms with E-state index in [4.69, 9.17) is 16.3 Å². The Kier molecular flexibility index (Phi) is 3.74. The van der Waals surface area contributed by atoms with Gasteiger partial charge in [0.25, 0.3) is 0 Å². The van der Waals surface area contributed by atoms with E-state index in [0.717, 1.165) is 27.3 Å². The van der Waals surface area contributed by atoms with Gasteiger partial charge in [0.2, 0.25) is 0 Å². The standard InChI is InChI=1S/C14H18BrClO/c1-7-5-10(7)13(16)12-9(3)11(15)6-8(2)14(12)17-4/h6-7,10,13H,5H2,1-4H3. The number of benzene rings is 1. The van der Waals surface area contributed by atoms with Crippen molar-refractivity contribution in [3.63, 3.8) is 0 Å². The van der Waals surface area contributed by atoms with Gasteiger partial charge in [-0.25, -0.2) is 0 Å². The molecule has 0 aliphatic heterocycles. The summed E-state index contributed by atoms with van der Waals surface area (Å²) in [5.74, 6) is 2.28. The molecule has 1 aliphatic rings. The number of aryl methyl sites for hydroxylation is 1. The van der Waals surface area contributed by atoms with E-state index in [1.54, 1.807) is 7.11 Å². The lowest BCUT2D eigenvalue weighted by Crippen LogP contribution is -2.04. The Morgan fingerprint density at radius 3 is 2.53 bits per heavy atom. The van der Waals surface area contributed by atoms with Crippen LogP contribution in [-0.2, 0) is 0 Å². The van der Waals surface area contributed by atoms with Gasteiger partial charge in [-0.05, 0) is 49.3 Å². The van der Waals surface area contributed by atoms with Crippen molar-refractivity contribution in [1.82, 2.24) is 0 Å². The first-order chi connectivity index (χ1) is 7.97. The van der Waals surface area contributed by atoms with E-state index in [1.807, 2.05) is 0 Å². The average molecular weight is 318 g/mol. The molecule has 0 N–H and O–H groups in total. The van der Waals surface area contributed by atoms with Crippen molar-refractivity contribution in [2.45, 2.75) is 32.6 Å². The summed E-state index contributed by atoms with van der Waals surface area (Å²) < 4.78 is 6.66. The molecular formula is C14H18BrClO. The number of hydrogen-bond acceptors (Lipinski definition) is 1. The fourth-order valence-corrected chi connectivity index (χ4v) is 3.62. The van der Waals surface area contributed by atoms with E-state index in [9.17, 15) is 0 Å². The number of hydrogen-bond donors (Lipinski definition) is 0. The second-order valence-electron chi connectivity index (χ2n) is 5.03. The largest absolute Gasteiger partial charge is 0.496 e. The molecule has 0 aromatic heterocycles. The number of ether oxygens (including phenoxy) is 1. The summed E-state index contributed by atoms with van der Waals surface area (Å²) in [4.78, 5) is 0. The van der Waals surface area contributed by atoms with Gasteiger partial charge >= 0.3 is 0 Å². The van der Waals surface area contributed by atoms with Gasteiger partial charge in [-0.2, -0.15) is 0 Å². The molecular weight excluding hydrogens is 300 g/mol. The summed E-state index contributed by atoms with van der Waals surface area (Å²) >= 11 is 10.2. The first-order valence-corrected chi connectivity index (χ1v) is 7.18. The molecule has 0 saturated heterocycles. The maximum Gasteiger partial charge on any atom is 0.126 e. The van der Waals surface area contributed by atoms with Crippen LogP contribution in [0.15, 0.2) is 10.5 Å². The minimum absolute atomic E-state index is 0.0659. The SMILES string of the molecule is COc1c(C)cc(Br)c(C)c1C(Cl)C1CC1C. The van der Waals surface area contributed by atoms with Crippen molar-refractivity contribution in [3.05, 3.63) is 27.2 Å². The van der Waals surface area contributed by atoms with Gasteiger partial charge in [-0.1, -0.05) is 22.9 Å². The Balaban J connectivity index is 2.50. The monoisotopic (exact) mass is 316 g/mol. The van der Waals surface area contributed by atoms with Crippen molar-refractivity contribution in [2.75, 3.05) is 7.11 Å². The van der Waals surface area contributed by atoms with Crippen LogP contribution in [0.4, 0.5) is 0 Å². The first kappa shape index (κ1) is 13.2. The molecule has 17 heavy (non-hydrogen) atoms. The number of methoxy groups -OCH3 is 1. The highest BCUT2D eigenvalue weighted by Gasteiger charge is 2.41. The topological polar surface area (TPSA) is 9.23 Å². The van der Waals surface area contributed by atoms with E-state index in [0.29, 0.717) is 5.92 Å². The Morgan fingerprint density at radius 2 is 2.06 bits per heavy atom. The normalized spacial score (nSPS) is 24.6.